The summed E-state index contributed by atoms with van der Waals surface area (Å²) in [7, 11) is -3.96. The van der Waals surface area contributed by atoms with Crippen molar-refractivity contribution in [1.82, 2.24) is 10.2 Å². The molecule has 2 rings (SSSR count). The monoisotopic (exact) mass is 517 g/mol. The van der Waals surface area contributed by atoms with Crippen molar-refractivity contribution in [1.29, 1.82) is 0 Å². The van der Waals surface area contributed by atoms with Gasteiger partial charge in [-0.2, -0.15) is 0 Å². The van der Waals surface area contributed by atoms with Crippen molar-refractivity contribution in [3.05, 3.63) is 63.9 Å². The van der Waals surface area contributed by atoms with Crippen LogP contribution in [0.3, 0.4) is 0 Å². The third-order valence-electron chi connectivity index (χ3n) is 4.75. The van der Waals surface area contributed by atoms with Gasteiger partial charge in [-0.1, -0.05) is 41.4 Å². The highest BCUT2D eigenvalue weighted by atomic mass is 35.5. The van der Waals surface area contributed by atoms with Crippen molar-refractivity contribution in [2.45, 2.75) is 39.4 Å². The smallest absolute Gasteiger partial charge is 0.244 e. The average molecular weight is 518 g/mol. The Morgan fingerprint density at radius 3 is 2.30 bits per heavy atom. The van der Waals surface area contributed by atoms with E-state index in [0.717, 1.165) is 15.5 Å². The SMILES string of the molecule is CC(C)NC(=O)[C@H](C)N(Cc1ccccc1F)C(=O)CN(c1cc(Cl)ccc1Cl)S(C)(=O)=O. The van der Waals surface area contributed by atoms with Crippen LogP contribution < -0.4 is 9.62 Å². The molecule has 0 fully saturated rings. The van der Waals surface area contributed by atoms with Gasteiger partial charge in [-0.15, -0.1) is 0 Å². The van der Waals surface area contributed by atoms with Gasteiger partial charge in [-0.25, -0.2) is 12.8 Å². The van der Waals surface area contributed by atoms with Crippen LogP contribution in [0.5, 0.6) is 0 Å². The molecule has 0 heterocycles. The molecule has 0 spiro atoms. The van der Waals surface area contributed by atoms with Crippen molar-refractivity contribution >= 4 is 50.7 Å². The second-order valence-corrected chi connectivity index (χ2v) is 10.6. The maximum absolute atomic E-state index is 14.3. The summed E-state index contributed by atoms with van der Waals surface area (Å²) in [5.74, 6) is -1.72. The first-order valence-corrected chi connectivity index (χ1v) is 12.7. The molecule has 2 aromatic carbocycles. The third-order valence-corrected chi connectivity index (χ3v) is 6.43. The lowest BCUT2D eigenvalue weighted by molar-refractivity contribution is -0.139. The summed E-state index contributed by atoms with van der Waals surface area (Å²) in [6, 6.07) is 8.88. The van der Waals surface area contributed by atoms with E-state index in [-0.39, 0.29) is 33.9 Å². The molecule has 7 nitrogen and oxygen atoms in total. The van der Waals surface area contributed by atoms with E-state index < -0.39 is 40.2 Å². The predicted molar refractivity (Wildman–Crippen MR) is 128 cm³/mol. The van der Waals surface area contributed by atoms with Gasteiger partial charge in [0.1, 0.15) is 18.4 Å². The second-order valence-electron chi connectivity index (χ2n) is 7.82. The number of carbonyl (C=O) groups excluding carboxylic acids is 2. The molecule has 11 heteroatoms. The first-order chi connectivity index (χ1) is 15.3. The fraction of sp³-hybridized carbons (Fsp3) is 0.364. The quantitative estimate of drug-likeness (QED) is 0.547. The number of nitrogens with one attached hydrogen (secondary N) is 1. The summed E-state index contributed by atoms with van der Waals surface area (Å²) in [5.41, 5.74) is 0.201. The number of halogens is 3. The minimum Gasteiger partial charge on any atom is -0.352 e. The minimum atomic E-state index is -3.96. The molecule has 0 aliphatic rings. The highest BCUT2D eigenvalue weighted by Crippen LogP contribution is 2.31. The van der Waals surface area contributed by atoms with E-state index in [2.05, 4.69) is 5.32 Å². The van der Waals surface area contributed by atoms with Crippen LogP contribution in [-0.2, 0) is 26.2 Å². The van der Waals surface area contributed by atoms with Crippen molar-refractivity contribution in [3.63, 3.8) is 0 Å². The summed E-state index contributed by atoms with van der Waals surface area (Å²) in [6.45, 7) is 4.12. The van der Waals surface area contributed by atoms with E-state index in [1.54, 1.807) is 19.9 Å². The van der Waals surface area contributed by atoms with Gasteiger partial charge >= 0.3 is 0 Å². The van der Waals surface area contributed by atoms with E-state index in [1.165, 1.54) is 43.3 Å². The topological polar surface area (TPSA) is 86.8 Å². The summed E-state index contributed by atoms with van der Waals surface area (Å²) in [6.07, 6.45) is 0.924. The Kier molecular flexibility index (Phi) is 9.11. The molecule has 2 amide bonds. The predicted octanol–water partition coefficient (Wildman–Crippen LogP) is 3.84. The molecule has 0 aliphatic carbocycles. The van der Waals surface area contributed by atoms with Gasteiger partial charge < -0.3 is 10.2 Å². The molecular weight excluding hydrogens is 492 g/mol. The summed E-state index contributed by atoms with van der Waals surface area (Å²) in [4.78, 5) is 27.1. The fourth-order valence-electron chi connectivity index (χ4n) is 3.07. The lowest BCUT2D eigenvalue weighted by Crippen LogP contribution is -2.52. The zero-order chi connectivity index (χ0) is 24.9. The Bertz CT molecular complexity index is 1130. The Morgan fingerprint density at radius 2 is 1.73 bits per heavy atom. The molecule has 0 unspecified atom stereocenters. The van der Waals surface area contributed by atoms with Crippen molar-refractivity contribution in [3.8, 4) is 0 Å². The van der Waals surface area contributed by atoms with Gasteiger partial charge in [0, 0.05) is 23.2 Å². The number of hydrogen-bond acceptors (Lipinski definition) is 4. The van der Waals surface area contributed by atoms with Gasteiger partial charge in [0.05, 0.1) is 17.0 Å². The molecule has 0 bridgehead atoms. The first kappa shape index (κ1) is 26.9. The Balaban J connectivity index is 2.45. The van der Waals surface area contributed by atoms with Crippen LogP contribution in [-0.4, -0.2) is 50.0 Å². The number of amides is 2. The van der Waals surface area contributed by atoms with Gasteiger partial charge in [0.25, 0.3) is 0 Å². The lowest BCUT2D eigenvalue weighted by atomic mass is 10.1. The number of sulfonamides is 1. The third kappa shape index (κ3) is 7.31. The van der Waals surface area contributed by atoms with Crippen LogP contribution in [0.4, 0.5) is 10.1 Å². The van der Waals surface area contributed by atoms with Crippen LogP contribution in [0.15, 0.2) is 42.5 Å². The maximum atomic E-state index is 14.3. The maximum Gasteiger partial charge on any atom is 0.244 e. The van der Waals surface area contributed by atoms with Crippen LogP contribution in [0.2, 0.25) is 10.0 Å². The average Bonchev–Trinajstić information content (AvgIpc) is 2.71. The number of anilines is 1. The van der Waals surface area contributed by atoms with E-state index in [0.29, 0.717) is 0 Å². The van der Waals surface area contributed by atoms with Gasteiger partial charge in [-0.3, -0.25) is 13.9 Å². The summed E-state index contributed by atoms with van der Waals surface area (Å²) >= 11 is 12.2. The van der Waals surface area contributed by atoms with Gasteiger partial charge in [-0.05, 0) is 45.0 Å². The van der Waals surface area contributed by atoms with E-state index >= 15 is 0 Å². The molecule has 0 saturated carbocycles. The molecule has 0 aliphatic heterocycles. The molecule has 1 N–H and O–H groups in total. The van der Waals surface area contributed by atoms with Gasteiger partial charge in [0.15, 0.2) is 0 Å². The number of nitrogens with zero attached hydrogens (tertiary/aromatic N) is 2. The van der Waals surface area contributed by atoms with E-state index in [9.17, 15) is 22.4 Å². The Hall–Kier alpha value is -2.36. The lowest BCUT2D eigenvalue weighted by Gasteiger charge is -2.32. The molecule has 33 heavy (non-hydrogen) atoms. The Morgan fingerprint density at radius 1 is 1.09 bits per heavy atom. The summed E-state index contributed by atoms with van der Waals surface area (Å²) in [5, 5.41) is 3.01. The molecular formula is C22H26Cl2FN3O4S. The molecule has 2 aromatic rings. The highest BCUT2D eigenvalue weighted by Gasteiger charge is 2.31. The first-order valence-electron chi connectivity index (χ1n) is 10.1. The van der Waals surface area contributed by atoms with Crippen LogP contribution >= 0.6 is 23.2 Å². The number of hydrogen-bond donors (Lipinski definition) is 1. The van der Waals surface area contributed by atoms with Gasteiger partial charge in [0.2, 0.25) is 21.8 Å². The van der Waals surface area contributed by atoms with Crippen LogP contribution in [0.1, 0.15) is 26.3 Å². The number of rotatable bonds is 9. The van der Waals surface area contributed by atoms with E-state index in [1.807, 2.05) is 0 Å². The summed E-state index contributed by atoms with van der Waals surface area (Å²) < 4.78 is 40.2. The standard InChI is InChI=1S/C22H26Cl2FN3O4S/c1-14(2)26-22(30)15(3)27(12-16-7-5-6-8-19(16)25)21(29)13-28(33(4,31)32)20-11-17(23)9-10-18(20)24/h5-11,14-15H,12-13H2,1-4H3,(H,26,30)/t15-/m0/s1. The molecule has 0 radical (unpaired) electrons. The van der Waals surface area contributed by atoms with E-state index in [4.69, 9.17) is 23.2 Å². The minimum absolute atomic E-state index is 0.0187. The number of carbonyl (C=O) groups is 2. The van der Waals surface area contributed by atoms with Crippen molar-refractivity contribution in [2.75, 3.05) is 17.1 Å². The largest absolute Gasteiger partial charge is 0.352 e. The highest BCUT2D eigenvalue weighted by molar-refractivity contribution is 7.92. The van der Waals surface area contributed by atoms with Crippen LogP contribution in [0, 0.1) is 5.82 Å². The second kappa shape index (κ2) is 11.2. The van der Waals surface area contributed by atoms with Crippen molar-refractivity contribution < 1.29 is 22.4 Å². The fourth-order valence-corrected chi connectivity index (χ4v) is 4.36. The number of benzene rings is 2. The Labute approximate surface area is 203 Å². The van der Waals surface area contributed by atoms with Crippen molar-refractivity contribution in [2.24, 2.45) is 0 Å². The normalized spacial score (nSPS) is 12.4. The molecule has 0 aromatic heterocycles. The zero-order valence-corrected chi connectivity index (χ0v) is 21.0. The molecule has 1 atom stereocenters. The van der Waals surface area contributed by atoms with Crippen LogP contribution in [0.25, 0.3) is 0 Å². The zero-order valence-electron chi connectivity index (χ0n) is 18.7. The molecule has 0 saturated heterocycles. The molecule has 180 valence electrons.